The lowest BCUT2D eigenvalue weighted by atomic mass is 9.99. The van der Waals surface area contributed by atoms with Crippen molar-refractivity contribution in [2.45, 2.75) is 30.7 Å². The fraction of sp³-hybridized carbons (Fsp3) is 0.280. The highest BCUT2D eigenvalue weighted by atomic mass is 16.7. The van der Waals surface area contributed by atoms with Crippen molar-refractivity contribution in [1.82, 2.24) is 0 Å². The van der Waals surface area contributed by atoms with Crippen LogP contribution in [0.15, 0.2) is 67.0 Å². The summed E-state index contributed by atoms with van der Waals surface area (Å²) in [6.07, 6.45) is -7.70. The molecule has 1 saturated heterocycles. The third kappa shape index (κ3) is 4.75. The van der Waals surface area contributed by atoms with E-state index < -0.39 is 48.6 Å². The lowest BCUT2D eigenvalue weighted by Gasteiger charge is -2.39. The van der Waals surface area contributed by atoms with Crippen LogP contribution in [-0.4, -0.2) is 64.8 Å². The van der Waals surface area contributed by atoms with Gasteiger partial charge in [0.15, 0.2) is 11.5 Å². The van der Waals surface area contributed by atoms with Gasteiger partial charge in [0.05, 0.1) is 13.7 Å². The molecule has 5 rings (SSSR count). The van der Waals surface area contributed by atoms with Crippen LogP contribution in [0.3, 0.4) is 0 Å². The number of ether oxygens (including phenoxy) is 4. The van der Waals surface area contributed by atoms with E-state index in [0.29, 0.717) is 16.5 Å². The highest BCUT2D eigenvalue weighted by Gasteiger charge is 2.45. The van der Waals surface area contributed by atoms with Crippen LogP contribution in [-0.2, 0) is 4.74 Å². The number of hydrogen-bond acceptors (Lipinski definition) is 12. The molecule has 5 unspecified atom stereocenters. The Hall–Kier alpha value is -3.94. The van der Waals surface area contributed by atoms with E-state index in [1.54, 1.807) is 18.2 Å². The van der Waals surface area contributed by atoms with E-state index in [0.717, 1.165) is 0 Å². The molecule has 0 radical (unpaired) electrons. The lowest BCUT2D eigenvalue weighted by molar-refractivity contribution is -0.277. The molecule has 2 aromatic carbocycles. The maximum Gasteiger partial charge on any atom is 0.379 e. The van der Waals surface area contributed by atoms with Gasteiger partial charge in [-0.2, -0.15) is 0 Å². The van der Waals surface area contributed by atoms with E-state index in [4.69, 9.17) is 27.8 Å². The first-order chi connectivity index (χ1) is 17.8. The molecule has 2 aromatic heterocycles. The Morgan fingerprint density at radius 1 is 0.811 bits per heavy atom. The first kappa shape index (κ1) is 24.7. The van der Waals surface area contributed by atoms with Crippen LogP contribution in [0.2, 0.25) is 0 Å². The molecule has 12 nitrogen and oxygen atoms in total. The molecule has 5 atom stereocenters. The number of methoxy groups -OCH3 is 1. The van der Waals surface area contributed by atoms with Crippen molar-refractivity contribution in [1.29, 1.82) is 0 Å². The minimum atomic E-state index is -1.70. The molecule has 194 valence electrons. The average molecular weight is 514 g/mol. The Morgan fingerprint density at radius 2 is 1.51 bits per heavy atom. The third-order valence-corrected chi connectivity index (χ3v) is 5.91. The number of aliphatic hydroxyl groups excluding tert-OH is 4. The van der Waals surface area contributed by atoms with E-state index in [-0.39, 0.29) is 28.4 Å². The molecule has 12 heteroatoms. The number of hydrogen-bond donors (Lipinski definition) is 4. The molecule has 0 amide bonds. The summed E-state index contributed by atoms with van der Waals surface area (Å²) in [6, 6.07) is 11.7. The van der Waals surface area contributed by atoms with Crippen LogP contribution < -0.4 is 25.5 Å². The van der Waals surface area contributed by atoms with Gasteiger partial charge >= 0.3 is 11.3 Å². The number of rotatable bonds is 6. The van der Waals surface area contributed by atoms with Crippen molar-refractivity contribution in [3.05, 3.63) is 69.4 Å². The molecule has 0 bridgehead atoms. The summed E-state index contributed by atoms with van der Waals surface area (Å²) in [7, 11) is 1.48. The number of fused-ring (bicyclic) bond motifs is 2. The van der Waals surface area contributed by atoms with Gasteiger partial charge in [0.25, 0.3) is 0 Å². The molecule has 3 heterocycles. The lowest BCUT2D eigenvalue weighted by Crippen LogP contribution is -2.60. The zero-order chi connectivity index (χ0) is 26.3. The maximum atomic E-state index is 12.7. The van der Waals surface area contributed by atoms with Crippen molar-refractivity contribution in [2.24, 2.45) is 0 Å². The molecular weight excluding hydrogens is 492 g/mol. The Morgan fingerprint density at radius 3 is 2.24 bits per heavy atom. The van der Waals surface area contributed by atoms with Gasteiger partial charge in [-0.1, -0.05) is 0 Å². The summed E-state index contributed by atoms with van der Waals surface area (Å²) in [5.41, 5.74) is -1.08. The fourth-order valence-corrected chi connectivity index (χ4v) is 3.93. The summed E-state index contributed by atoms with van der Waals surface area (Å²) in [4.78, 5) is 24.4. The second-order valence-electron chi connectivity index (χ2n) is 8.31. The monoisotopic (exact) mass is 514 g/mol. The molecule has 1 fully saturated rings. The molecular formula is C25H22O12. The Bertz CT molecular complexity index is 1560. The molecule has 37 heavy (non-hydrogen) atoms. The summed E-state index contributed by atoms with van der Waals surface area (Å²) in [6.45, 7) is -0.653. The summed E-state index contributed by atoms with van der Waals surface area (Å²) in [5, 5.41) is 40.9. The summed E-state index contributed by atoms with van der Waals surface area (Å²) < 4.78 is 32.7. The quantitative estimate of drug-likeness (QED) is 0.267. The van der Waals surface area contributed by atoms with Gasteiger partial charge in [0, 0.05) is 29.0 Å². The van der Waals surface area contributed by atoms with Crippen LogP contribution in [0, 0.1) is 0 Å². The van der Waals surface area contributed by atoms with Crippen LogP contribution in [0.4, 0.5) is 0 Å². The van der Waals surface area contributed by atoms with Crippen molar-refractivity contribution >= 4 is 21.9 Å². The van der Waals surface area contributed by atoms with Gasteiger partial charge in [-0.25, -0.2) is 9.59 Å². The van der Waals surface area contributed by atoms with Crippen molar-refractivity contribution in [3.8, 4) is 23.0 Å². The molecule has 0 saturated carbocycles. The van der Waals surface area contributed by atoms with Crippen molar-refractivity contribution in [3.63, 3.8) is 0 Å². The fourth-order valence-electron chi connectivity index (χ4n) is 3.93. The molecule has 1 aliphatic heterocycles. The zero-order valence-corrected chi connectivity index (χ0v) is 19.3. The number of aliphatic hydroxyl groups is 4. The van der Waals surface area contributed by atoms with Crippen LogP contribution >= 0.6 is 0 Å². The summed E-state index contributed by atoms with van der Waals surface area (Å²) in [5.74, 6) is 0.0805. The van der Waals surface area contributed by atoms with E-state index >= 15 is 0 Å². The third-order valence-electron chi connectivity index (χ3n) is 5.91. The Kier molecular flexibility index (Phi) is 6.58. The minimum Gasteiger partial charge on any atom is -0.497 e. The highest BCUT2D eigenvalue weighted by molar-refractivity contribution is 5.81. The molecule has 4 N–H and O–H groups in total. The van der Waals surface area contributed by atoms with Crippen LogP contribution in [0.25, 0.3) is 21.9 Å². The topological polar surface area (TPSA) is 178 Å². The van der Waals surface area contributed by atoms with E-state index in [1.165, 1.54) is 37.4 Å². The first-order valence-electron chi connectivity index (χ1n) is 11.1. The maximum absolute atomic E-state index is 12.7. The van der Waals surface area contributed by atoms with Gasteiger partial charge < -0.3 is 48.2 Å². The van der Waals surface area contributed by atoms with E-state index in [2.05, 4.69) is 0 Å². The van der Waals surface area contributed by atoms with Crippen LogP contribution in [0.5, 0.6) is 23.0 Å². The molecule has 4 aromatic rings. The Balaban J connectivity index is 1.56. The molecule has 0 spiro atoms. The van der Waals surface area contributed by atoms with Gasteiger partial charge in [-0.05, 0) is 30.3 Å². The van der Waals surface area contributed by atoms with Crippen molar-refractivity contribution < 1.29 is 48.2 Å². The van der Waals surface area contributed by atoms with Crippen molar-refractivity contribution in [2.75, 3.05) is 13.7 Å². The zero-order valence-electron chi connectivity index (χ0n) is 19.3. The average Bonchev–Trinajstić information content (AvgIpc) is 2.89. The predicted octanol–water partition coefficient (Wildman–Crippen LogP) is 0.879. The number of benzene rings is 2. The van der Waals surface area contributed by atoms with E-state index in [9.17, 15) is 30.0 Å². The first-order valence-corrected chi connectivity index (χ1v) is 11.1. The second-order valence-corrected chi connectivity index (χ2v) is 8.31. The largest absolute Gasteiger partial charge is 0.497 e. The normalized spacial score (nSPS) is 23.8. The highest BCUT2D eigenvalue weighted by Crippen LogP contribution is 2.37. The Labute approximate surface area is 207 Å². The second kappa shape index (κ2) is 9.84. The van der Waals surface area contributed by atoms with Gasteiger partial charge in [-0.3, -0.25) is 0 Å². The SMILES string of the molecule is COc1ccc2cc(Oc3cc4oc(=O)ccc4cc3OC3OC(CO)C(O)C(O)C3O)c(=O)oc2c1. The predicted molar refractivity (Wildman–Crippen MR) is 126 cm³/mol. The summed E-state index contributed by atoms with van der Waals surface area (Å²) >= 11 is 0. The van der Waals surface area contributed by atoms with Gasteiger partial charge in [0.2, 0.25) is 12.0 Å². The van der Waals surface area contributed by atoms with Gasteiger partial charge in [-0.15, -0.1) is 0 Å². The van der Waals surface area contributed by atoms with Gasteiger partial charge in [0.1, 0.15) is 41.3 Å². The standard InChI is InChI=1S/C25H22O12/c1-32-13-4-2-11-7-18(24(31)35-14(11)8-13)33-17-9-15-12(3-5-20(27)34-15)6-16(17)36-25-23(30)22(29)21(28)19(10-26)37-25/h2-9,19,21-23,25-26,28-30H,10H2,1H3. The molecule has 1 aliphatic rings. The smallest absolute Gasteiger partial charge is 0.379 e. The molecule has 0 aliphatic carbocycles. The minimum absolute atomic E-state index is 0.0695. The van der Waals surface area contributed by atoms with E-state index in [1.807, 2.05) is 0 Å². The van der Waals surface area contributed by atoms with Crippen LogP contribution in [0.1, 0.15) is 0 Å².